The number of halogens is 1. The number of amides is 2. The molecule has 0 atom stereocenters. The third kappa shape index (κ3) is 6.44. The highest BCUT2D eigenvalue weighted by Crippen LogP contribution is 2.37. The van der Waals surface area contributed by atoms with Crippen molar-refractivity contribution in [3.05, 3.63) is 84.4 Å². The Balaban J connectivity index is 1.88. The lowest BCUT2D eigenvalue weighted by Gasteiger charge is -2.16. The number of benzene rings is 2. The molecule has 2 N–H and O–H groups in total. The fourth-order valence-corrected chi connectivity index (χ4v) is 3.73. The van der Waals surface area contributed by atoms with E-state index in [1.807, 2.05) is 0 Å². The molecule has 2 aromatic carbocycles. The normalized spacial score (nSPS) is 10.5. The van der Waals surface area contributed by atoms with Gasteiger partial charge in [0.05, 0.1) is 11.9 Å². The predicted molar refractivity (Wildman–Crippen MR) is 140 cm³/mol. The number of carbonyl (C=O) groups excluding carboxylic acids is 2. The van der Waals surface area contributed by atoms with Crippen LogP contribution in [0.4, 0.5) is 15.9 Å². The molecule has 39 heavy (non-hydrogen) atoms. The number of hydrogen-bond acceptors (Lipinski definition) is 8. The number of aromatic nitrogens is 2. The molecule has 10 nitrogen and oxygen atoms in total. The fraction of sp³-hybridized carbons (Fsp3) is 0.143. The standard InChI is InChI=1S/C28H23FN5O5/c1-3-5-26(35)32-19-7-4-6-17(12-19)21-14-23(20-9-8-18(29)13-25(20)38-16-37-2)33-27(22(21)15-30)34-28(36)24-10-11-31-39-24/h3-4,6-14H,5,16H2,1-2H3,(H,32,35)(H,33,34,36). The number of nitriles is 1. The molecule has 2 aromatic heterocycles. The van der Waals surface area contributed by atoms with Crippen LogP contribution in [0.25, 0.3) is 22.4 Å². The second-order valence-electron chi connectivity index (χ2n) is 8.15. The van der Waals surface area contributed by atoms with Gasteiger partial charge in [0.1, 0.15) is 23.2 Å². The highest BCUT2D eigenvalue weighted by Gasteiger charge is 2.21. The number of nitrogens with one attached hydrogen (secondary N) is 2. The van der Waals surface area contributed by atoms with Crippen LogP contribution in [-0.2, 0) is 9.53 Å². The Hall–Kier alpha value is -5.08. The molecule has 1 radical (unpaired) electrons. The van der Waals surface area contributed by atoms with Gasteiger partial charge in [-0.15, -0.1) is 0 Å². The number of nitrogens with zero attached hydrogens (tertiary/aromatic N) is 3. The van der Waals surface area contributed by atoms with Crippen molar-refractivity contribution >= 4 is 23.3 Å². The first-order valence-electron chi connectivity index (χ1n) is 11.7. The molecule has 0 saturated heterocycles. The van der Waals surface area contributed by atoms with Gasteiger partial charge in [-0.1, -0.05) is 24.2 Å². The third-order valence-electron chi connectivity index (χ3n) is 5.42. The molecule has 0 bridgehead atoms. The molecule has 0 aliphatic carbocycles. The number of carbonyl (C=O) groups is 2. The van der Waals surface area contributed by atoms with Crippen molar-refractivity contribution < 1.29 is 28.0 Å². The van der Waals surface area contributed by atoms with E-state index < -0.39 is 11.7 Å². The minimum absolute atomic E-state index is 0.0541. The second-order valence-corrected chi connectivity index (χ2v) is 8.15. The maximum absolute atomic E-state index is 14.1. The van der Waals surface area contributed by atoms with Crippen LogP contribution in [0.3, 0.4) is 0 Å². The van der Waals surface area contributed by atoms with E-state index in [9.17, 15) is 19.2 Å². The lowest BCUT2D eigenvalue weighted by Crippen LogP contribution is -2.14. The van der Waals surface area contributed by atoms with Gasteiger partial charge in [0, 0.05) is 42.5 Å². The topological polar surface area (TPSA) is 139 Å². The first-order valence-corrected chi connectivity index (χ1v) is 11.7. The minimum atomic E-state index is -0.675. The Morgan fingerprint density at radius 3 is 2.69 bits per heavy atom. The molecular formula is C28H23FN5O5. The van der Waals surface area contributed by atoms with Gasteiger partial charge in [-0.3, -0.25) is 9.59 Å². The van der Waals surface area contributed by atoms with Crippen molar-refractivity contribution in [2.75, 3.05) is 24.5 Å². The summed E-state index contributed by atoms with van der Waals surface area (Å²) in [7, 11) is 1.43. The van der Waals surface area contributed by atoms with Crippen LogP contribution in [0.2, 0.25) is 0 Å². The van der Waals surface area contributed by atoms with Crippen molar-refractivity contribution in [2.24, 2.45) is 0 Å². The van der Waals surface area contributed by atoms with Gasteiger partial charge >= 0.3 is 0 Å². The van der Waals surface area contributed by atoms with E-state index in [0.717, 1.165) is 0 Å². The summed E-state index contributed by atoms with van der Waals surface area (Å²) in [6.07, 6.45) is 3.28. The number of anilines is 2. The van der Waals surface area contributed by atoms with Crippen LogP contribution >= 0.6 is 0 Å². The highest BCUT2D eigenvalue weighted by molar-refractivity contribution is 6.03. The van der Waals surface area contributed by atoms with Crippen molar-refractivity contribution in [2.45, 2.75) is 13.3 Å². The number of rotatable bonds is 10. The molecule has 11 heteroatoms. The van der Waals surface area contributed by atoms with E-state index in [-0.39, 0.29) is 47.7 Å². The molecule has 197 valence electrons. The Kier molecular flexibility index (Phi) is 8.60. The van der Waals surface area contributed by atoms with Gasteiger partial charge < -0.3 is 24.6 Å². The first-order chi connectivity index (χ1) is 18.9. The zero-order valence-corrected chi connectivity index (χ0v) is 21.0. The third-order valence-corrected chi connectivity index (χ3v) is 5.42. The summed E-state index contributed by atoms with van der Waals surface area (Å²) in [4.78, 5) is 29.4. The monoisotopic (exact) mass is 528 g/mol. The van der Waals surface area contributed by atoms with E-state index in [1.165, 1.54) is 37.6 Å². The molecule has 0 fully saturated rings. The summed E-state index contributed by atoms with van der Waals surface area (Å²) in [5.74, 6) is -1.42. The van der Waals surface area contributed by atoms with E-state index in [1.54, 1.807) is 43.7 Å². The maximum atomic E-state index is 14.1. The quantitative estimate of drug-likeness (QED) is 0.268. The molecule has 0 saturated carbocycles. The van der Waals surface area contributed by atoms with Gasteiger partial charge in [0.2, 0.25) is 11.7 Å². The number of ether oxygens (including phenoxy) is 2. The minimum Gasteiger partial charge on any atom is -0.467 e. The van der Waals surface area contributed by atoms with E-state index >= 15 is 0 Å². The van der Waals surface area contributed by atoms with Gasteiger partial charge in [-0.05, 0) is 42.3 Å². The van der Waals surface area contributed by atoms with E-state index in [4.69, 9.17) is 14.0 Å². The Labute approximate surface area is 223 Å². The lowest BCUT2D eigenvalue weighted by atomic mass is 9.97. The van der Waals surface area contributed by atoms with Crippen LogP contribution in [0.15, 0.2) is 65.3 Å². The van der Waals surface area contributed by atoms with Crippen LogP contribution in [-0.4, -0.2) is 35.9 Å². The van der Waals surface area contributed by atoms with Crippen LogP contribution < -0.4 is 15.4 Å². The van der Waals surface area contributed by atoms with Gasteiger partial charge in [-0.2, -0.15) is 5.26 Å². The van der Waals surface area contributed by atoms with Crippen molar-refractivity contribution in [1.82, 2.24) is 10.1 Å². The van der Waals surface area contributed by atoms with E-state index in [0.29, 0.717) is 22.4 Å². The molecule has 2 amide bonds. The average Bonchev–Trinajstić information content (AvgIpc) is 3.47. The fourth-order valence-electron chi connectivity index (χ4n) is 3.73. The Morgan fingerprint density at radius 1 is 1.13 bits per heavy atom. The van der Waals surface area contributed by atoms with Gasteiger partial charge in [-0.25, -0.2) is 9.37 Å². The zero-order valence-electron chi connectivity index (χ0n) is 21.0. The summed E-state index contributed by atoms with van der Waals surface area (Å²) >= 11 is 0. The smallest absolute Gasteiger partial charge is 0.295 e. The number of methoxy groups -OCH3 is 1. The summed E-state index contributed by atoms with van der Waals surface area (Å²) in [6, 6.07) is 15.9. The van der Waals surface area contributed by atoms with Crippen LogP contribution in [0, 0.1) is 23.6 Å². The summed E-state index contributed by atoms with van der Waals surface area (Å²) in [6.45, 7) is 1.63. The molecule has 0 spiro atoms. The van der Waals surface area contributed by atoms with Gasteiger partial charge in [0.15, 0.2) is 12.6 Å². The SMILES string of the molecule is C[CH]CC(=O)Nc1cccc(-c2cc(-c3ccc(F)cc3OCOC)nc(NC(=O)c3ccno3)c2C#N)c1. The number of hydrogen-bond donors (Lipinski definition) is 2. The molecule has 0 aliphatic heterocycles. The Bertz CT molecular complexity index is 1530. The second kappa shape index (κ2) is 12.4. The molecule has 2 heterocycles. The summed E-state index contributed by atoms with van der Waals surface area (Å²) in [5, 5.41) is 19.1. The van der Waals surface area contributed by atoms with Crippen LogP contribution in [0.5, 0.6) is 5.75 Å². The molecular weight excluding hydrogens is 505 g/mol. The van der Waals surface area contributed by atoms with E-state index in [2.05, 4.69) is 26.8 Å². The lowest BCUT2D eigenvalue weighted by molar-refractivity contribution is -0.115. The first kappa shape index (κ1) is 27.0. The summed E-state index contributed by atoms with van der Waals surface area (Å²) < 4.78 is 29.5. The molecule has 4 aromatic rings. The maximum Gasteiger partial charge on any atom is 0.295 e. The van der Waals surface area contributed by atoms with Crippen molar-refractivity contribution in [3.8, 4) is 34.2 Å². The van der Waals surface area contributed by atoms with Crippen molar-refractivity contribution in [3.63, 3.8) is 0 Å². The average molecular weight is 529 g/mol. The predicted octanol–water partition coefficient (Wildman–Crippen LogP) is 5.20. The molecule has 0 aliphatic rings. The Morgan fingerprint density at radius 2 is 1.97 bits per heavy atom. The number of pyridine rings is 1. The van der Waals surface area contributed by atoms with Gasteiger partial charge in [0.25, 0.3) is 5.91 Å². The largest absolute Gasteiger partial charge is 0.467 e. The summed E-state index contributed by atoms with van der Waals surface area (Å²) in [5.41, 5.74) is 2.19. The zero-order chi connectivity index (χ0) is 27.8. The molecule has 4 rings (SSSR count). The molecule has 0 unspecified atom stereocenters. The van der Waals surface area contributed by atoms with Crippen molar-refractivity contribution in [1.29, 1.82) is 5.26 Å². The van der Waals surface area contributed by atoms with Crippen LogP contribution in [0.1, 0.15) is 29.5 Å². The highest BCUT2D eigenvalue weighted by atomic mass is 19.1.